The predicted molar refractivity (Wildman–Crippen MR) is 74.6 cm³/mol. The largest absolute Gasteiger partial charge is 0.238 e. The summed E-state index contributed by atoms with van der Waals surface area (Å²) in [5.74, 6) is -0.213. The van der Waals surface area contributed by atoms with E-state index in [-0.39, 0.29) is 5.92 Å². The van der Waals surface area contributed by atoms with Gasteiger partial charge < -0.3 is 0 Å². The van der Waals surface area contributed by atoms with Crippen molar-refractivity contribution in [1.29, 1.82) is 0 Å². The zero-order valence-corrected chi connectivity index (χ0v) is 11.3. The Morgan fingerprint density at radius 1 is 1.30 bits per heavy atom. The predicted octanol–water partition coefficient (Wildman–Crippen LogP) is 3.74. The number of fused-ring (bicyclic) bond motifs is 1. The van der Waals surface area contributed by atoms with Crippen LogP contribution in [0.4, 0.5) is 4.39 Å². The lowest BCUT2D eigenvalue weighted by atomic mass is 10.0. The van der Waals surface area contributed by atoms with E-state index in [1.54, 1.807) is 23.0 Å². The molecule has 3 nitrogen and oxygen atoms in total. The molecule has 0 aliphatic heterocycles. The molecule has 0 radical (unpaired) electrons. The van der Waals surface area contributed by atoms with E-state index in [1.165, 1.54) is 0 Å². The van der Waals surface area contributed by atoms with Crippen LogP contribution in [-0.4, -0.2) is 14.6 Å². The first-order valence-corrected chi connectivity index (χ1v) is 6.80. The molecule has 2 heterocycles. The van der Waals surface area contributed by atoms with Gasteiger partial charge in [0.25, 0.3) is 0 Å². The summed E-state index contributed by atoms with van der Waals surface area (Å²) in [7, 11) is 0. The van der Waals surface area contributed by atoms with Crippen molar-refractivity contribution in [3.8, 4) is 0 Å². The molecule has 1 aliphatic carbocycles. The first-order valence-electron chi connectivity index (χ1n) is 6.43. The molecule has 5 heteroatoms. The summed E-state index contributed by atoms with van der Waals surface area (Å²) in [6, 6.07) is 11.0. The van der Waals surface area contributed by atoms with Crippen molar-refractivity contribution in [3.05, 3.63) is 65.1 Å². The highest BCUT2D eigenvalue weighted by atomic mass is 35.5. The van der Waals surface area contributed by atoms with Crippen LogP contribution in [-0.2, 0) is 5.67 Å². The summed E-state index contributed by atoms with van der Waals surface area (Å²) in [5, 5.41) is 4.48. The summed E-state index contributed by atoms with van der Waals surface area (Å²) in [4.78, 5) is 4.26. The van der Waals surface area contributed by atoms with Crippen LogP contribution < -0.4 is 0 Å². The van der Waals surface area contributed by atoms with E-state index in [0.717, 1.165) is 5.56 Å². The second kappa shape index (κ2) is 4.03. The van der Waals surface area contributed by atoms with Crippen molar-refractivity contribution in [2.24, 2.45) is 0 Å². The first kappa shape index (κ1) is 11.9. The normalized spacial score (nSPS) is 25.0. The smallest absolute Gasteiger partial charge is 0.157 e. The number of benzene rings is 1. The minimum absolute atomic E-state index is 0.213. The Bertz CT molecular complexity index is 786. The third-order valence-corrected chi connectivity index (χ3v) is 4.06. The molecule has 3 aromatic rings. The maximum absolute atomic E-state index is 15.0. The Hall–Kier alpha value is -1.94. The van der Waals surface area contributed by atoms with Crippen LogP contribution in [0.15, 0.2) is 48.8 Å². The zero-order valence-electron chi connectivity index (χ0n) is 10.5. The van der Waals surface area contributed by atoms with Crippen molar-refractivity contribution in [3.63, 3.8) is 0 Å². The Kier molecular flexibility index (Phi) is 2.39. The van der Waals surface area contributed by atoms with Gasteiger partial charge in [-0.2, -0.15) is 5.10 Å². The minimum atomic E-state index is -1.32. The average Bonchev–Trinajstić information content (AvgIpc) is 2.93. The maximum atomic E-state index is 15.0. The van der Waals surface area contributed by atoms with E-state index in [0.29, 0.717) is 22.8 Å². The van der Waals surface area contributed by atoms with Crippen LogP contribution in [0.3, 0.4) is 0 Å². The topological polar surface area (TPSA) is 30.2 Å². The van der Waals surface area contributed by atoms with Crippen LogP contribution in [0.25, 0.3) is 5.65 Å². The van der Waals surface area contributed by atoms with Crippen LogP contribution in [0.5, 0.6) is 0 Å². The molecule has 4 rings (SSSR count). The number of halogens is 2. The molecule has 1 aliphatic rings. The molecule has 1 aromatic carbocycles. The fourth-order valence-corrected chi connectivity index (χ4v) is 2.99. The number of alkyl halides is 1. The molecule has 2 aromatic heterocycles. The lowest BCUT2D eigenvalue weighted by Gasteiger charge is -2.09. The Labute approximate surface area is 120 Å². The zero-order chi connectivity index (χ0) is 13.7. The molecule has 0 spiro atoms. The van der Waals surface area contributed by atoms with Gasteiger partial charge in [0.15, 0.2) is 5.65 Å². The summed E-state index contributed by atoms with van der Waals surface area (Å²) >= 11 is 6.01. The molecule has 1 saturated carbocycles. The van der Waals surface area contributed by atoms with Gasteiger partial charge in [0.05, 0.1) is 0 Å². The Morgan fingerprint density at radius 3 is 2.90 bits per heavy atom. The number of hydrogen-bond donors (Lipinski definition) is 0. The Balaban J connectivity index is 1.81. The van der Waals surface area contributed by atoms with Gasteiger partial charge in [-0.25, -0.2) is 13.9 Å². The first-order chi connectivity index (χ1) is 9.68. The van der Waals surface area contributed by atoms with Gasteiger partial charge in [-0.3, -0.25) is 0 Å². The van der Waals surface area contributed by atoms with Crippen LogP contribution in [0, 0.1) is 0 Å². The van der Waals surface area contributed by atoms with Gasteiger partial charge in [-0.15, -0.1) is 0 Å². The highest BCUT2D eigenvalue weighted by Gasteiger charge is 2.58. The van der Waals surface area contributed by atoms with Gasteiger partial charge >= 0.3 is 0 Å². The molecule has 100 valence electrons. The summed E-state index contributed by atoms with van der Waals surface area (Å²) in [6.07, 6.45) is 3.82. The van der Waals surface area contributed by atoms with E-state index in [1.807, 2.05) is 30.3 Å². The van der Waals surface area contributed by atoms with Crippen molar-refractivity contribution < 1.29 is 4.39 Å². The van der Waals surface area contributed by atoms with E-state index < -0.39 is 5.67 Å². The number of nitrogens with zero attached hydrogens (tertiary/aromatic N) is 3. The summed E-state index contributed by atoms with van der Waals surface area (Å²) in [6.45, 7) is 0. The van der Waals surface area contributed by atoms with Crippen LogP contribution in [0.1, 0.15) is 23.5 Å². The molecule has 0 saturated heterocycles. The van der Waals surface area contributed by atoms with Crippen molar-refractivity contribution in [2.75, 3.05) is 0 Å². The fraction of sp³-hybridized carbons (Fsp3) is 0.200. The van der Waals surface area contributed by atoms with Crippen molar-refractivity contribution in [1.82, 2.24) is 14.6 Å². The minimum Gasteiger partial charge on any atom is -0.238 e. The van der Waals surface area contributed by atoms with Crippen LogP contribution in [0.2, 0.25) is 5.15 Å². The lowest BCUT2D eigenvalue weighted by Crippen LogP contribution is -2.04. The van der Waals surface area contributed by atoms with Gasteiger partial charge in [-0.1, -0.05) is 41.9 Å². The van der Waals surface area contributed by atoms with E-state index in [2.05, 4.69) is 10.1 Å². The van der Waals surface area contributed by atoms with E-state index in [9.17, 15) is 0 Å². The molecule has 0 amide bonds. The average molecular weight is 288 g/mol. The summed E-state index contributed by atoms with van der Waals surface area (Å²) < 4.78 is 16.6. The Morgan fingerprint density at radius 2 is 2.10 bits per heavy atom. The number of aromatic nitrogens is 3. The highest BCUT2D eigenvalue weighted by molar-refractivity contribution is 6.29. The van der Waals surface area contributed by atoms with Gasteiger partial charge in [0.1, 0.15) is 10.8 Å². The molecule has 1 fully saturated rings. The second-order valence-electron chi connectivity index (χ2n) is 5.10. The highest BCUT2D eigenvalue weighted by Crippen LogP contribution is 2.62. The van der Waals surface area contributed by atoms with E-state index in [4.69, 9.17) is 11.6 Å². The van der Waals surface area contributed by atoms with Gasteiger partial charge in [0.2, 0.25) is 0 Å². The molecular weight excluding hydrogens is 277 g/mol. The molecule has 20 heavy (non-hydrogen) atoms. The van der Waals surface area contributed by atoms with Crippen molar-refractivity contribution >= 4 is 17.2 Å². The van der Waals surface area contributed by atoms with Gasteiger partial charge in [0, 0.05) is 23.9 Å². The second-order valence-corrected chi connectivity index (χ2v) is 5.49. The van der Waals surface area contributed by atoms with Crippen LogP contribution >= 0.6 is 11.6 Å². The monoisotopic (exact) mass is 287 g/mol. The standard InChI is InChI=1S/C15H11ClFN3/c16-13-8-11(14-18-6-7-20(14)19-13)12-9-15(12,17)10-4-2-1-3-5-10/h1-8,12H,9H2/t12-,15+/m1/s1. The quantitative estimate of drug-likeness (QED) is 0.719. The molecule has 0 bridgehead atoms. The van der Waals surface area contributed by atoms with Gasteiger partial charge in [-0.05, 0) is 18.1 Å². The molecule has 2 atom stereocenters. The number of hydrogen-bond acceptors (Lipinski definition) is 2. The third-order valence-electron chi connectivity index (χ3n) is 3.88. The number of rotatable bonds is 2. The van der Waals surface area contributed by atoms with E-state index >= 15 is 4.39 Å². The summed E-state index contributed by atoms with van der Waals surface area (Å²) in [5.41, 5.74) is 0.886. The van der Waals surface area contributed by atoms with Crippen molar-refractivity contribution in [2.45, 2.75) is 18.0 Å². The third kappa shape index (κ3) is 1.64. The lowest BCUT2D eigenvalue weighted by molar-refractivity contribution is 0.306. The molecule has 0 N–H and O–H groups in total. The fourth-order valence-electron chi connectivity index (χ4n) is 2.79. The number of imidazole rings is 1. The molecule has 0 unspecified atom stereocenters. The maximum Gasteiger partial charge on any atom is 0.157 e. The molecular formula is C15H11ClFN3. The SMILES string of the molecule is F[C@]1(c2ccccc2)C[C@@H]1c1cc(Cl)nn2ccnc12.